The van der Waals surface area contributed by atoms with Crippen LogP contribution in [0.3, 0.4) is 0 Å². The molecule has 0 aliphatic carbocycles. The van der Waals surface area contributed by atoms with Crippen molar-refractivity contribution >= 4 is 34.3 Å². The number of fused-ring (bicyclic) bond motifs is 1. The first kappa shape index (κ1) is 19.7. The van der Waals surface area contributed by atoms with E-state index in [4.69, 9.17) is 5.84 Å². The third-order valence-electron chi connectivity index (χ3n) is 4.37. The van der Waals surface area contributed by atoms with Gasteiger partial charge in [-0.05, 0) is 16.3 Å². The number of rotatable bonds is 7. The molecule has 0 bridgehead atoms. The van der Waals surface area contributed by atoms with Gasteiger partial charge < -0.3 is 16.1 Å². The van der Waals surface area contributed by atoms with Gasteiger partial charge in [0.05, 0.1) is 12.3 Å². The van der Waals surface area contributed by atoms with Crippen molar-refractivity contribution in [3.05, 3.63) is 53.9 Å². The van der Waals surface area contributed by atoms with Crippen molar-refractivity contribution in [1.82, 2.24) is 25.1 Å². The van der Waals surface area contributed by atoms with Crippen molar-refractivity contribution in [2.75, 3.05) is 32.2 Å². The Bertz CT molecular complexity index is 998. The zero-order valence-electron chi connectivity index (χ0n) is 15.8. The number of carbonyl (C=O) groups excluding carboxylic acids is 2. The fourth-order valence-electron chi connectivity index (χ4n) is 2.76. The maximum atomic E-state index is 12.2. The van der Waals surface area contributed by atoms with E-state index in [0.29, 0.717) is 17.4 Å². The highest BCUT2D eigenvalue weighted by Gasteiger charge is 2.16. The Kier molecular flexibility index (Phi) is 6.15. The molecule has 1 aromatic heterocycles. The molecule has 0 spiro atoms. The first-order valence-corrected chi connectivity index (χ1v) is 9.71. The van der Waals surface area contributed by atoms with E-state index in [2.05, 4.69) is 33.7 Å². The van der Waals surface area contributed by atoms with E-state index >= 15 is 0 Å². The molecule has 1 heterocycles. The van der Waals surface area contributed by atoms with Gasteiger partial charge in [-0.1, -0.05) is 54.2 Å². The van der Waals surface area contributed by atoms with E-state index in [0.717, 1.165) is 16.3 Å². The molecule has 3 N–H and O–H groups in total. The van der Waals surface area contributed by atoms with Gasteiger partial charge in [-0.3, -0.25) is 9.59 Å². The standard InChI is InChI=1S/C19H22N6O2S/c1-21-17(26)11-24(2)18(27)12-28-19-23-22-16(25(19)20)10-14-8-5-7-13-6-3-4-9-15(13)14/h3-9H,10-12,20H2,1-2H3,(H,21,26). The molecule has 2 amide bonds. The predicted octanol–water partition coefficient (Wildman–Crippen LogP) is 1.03. The Morgan fingerprint density at radius 3 is 2.71 bits per heavy atom. The largest absolute Gasteiger partial charge is 0.358 e. The first-order chi connectivity index (χ1) is 13.5. The number of nitrogens with two attached hydrogens (primary N) is 1. The molecule has 0 saturated heterocycles. The van der Waals surface area contributed by atoms with Crippen LogP contribution in [-0.2, 0) is 16.0 Å². The maximum Gasteiger partial charge on any atom is 0.239 e. The van der Waals surface area contributed by atoms with Crippen LogP contribution >= 0.6 is 11.8 Å². The molecule has 3 rings (SSSR count). The number of hydrogen-bond donors (Lipinski definition) is 2. The monoisotopic (exact) mass is 398 g/mol. The SMILES string of the molecule is CNC(=O)CN(C)C(=O)CSc1nnc(Cc2cccc3ccccc23)n1N. The van der Waals surface area contributed by atoms with Crippen molar-refractivity contribution in [2.24, 2.45) is 0 Å². The second-order valence-electron chi connectivity index (χ2n) is 6.30. The van der Waals surface area contributed by atoms with E-state index in [1.807, 2.05) is 24.3 Å². The number of amides is 2. The molecule has 0 radical (unpaired) electrons. The van der Waals surface area contributed by atoms with Gasteiger partial charge in [-0.2, -0.15) is 0 Å². The summed E-state index contributed by atoms with van der Waals surface area (Å²) in [6, 6.07) is 14.2. The summed E-state index contributed by atoms with van der Waals surface area (Å²) >= 11 is 1.19. The lowest BCUT2D eigenvalue weighted by Crippen LogP contribution is -2.37. The van der Waals surface area contributed by atoms with Crippen LogP contribution in [-0.4, -0.2) is 58.0 Å². The third-order valence-corrected chi connectivity index (χ3v) is 5.30. The van der Waals surface area contributed by atoms with E-state index in [9.17, 15) is 9.59 Å². The topological polar surface area (TPSA) is 106 Å². The van der Waals surface area contributed by atoms with Crippen molar-refractivity contribution in [2.45, 2.75) is 11.6 Å². The van der Waals surface area contributed by atoms with Crippen molar-refractivity contribution in [1.29, 1.82) is 0 Å². The zero-order chi connectivity index (χ0) is 20.1. The molecule has 8 nitrogen and oxygen atoms in total. The number of likely N-dealkylation sites (N-methyl/N-ethyl adjacent to an activating group) is 2. The molecule has 0 fully saturated rings. The lowest BCUT2D eigenvalue weighted by molar-refractivity contribution is -0.132. The van der Waals surface area contributed by atoms with Crippen molar-refractivity contribution < 1.29 is 9.59 Å². The van der Waals surface area contributed by atoms with Gasteiger partial charge in [0.25, 0.3) is 0 Å². The normalized spacial score (nSPS) is 10.8. The van der Waals surface area contributed by atoms with Crippen LogP contribution in [0.1, 0.15) is 11.4 Å². The highest BCUT2D eigenvalue weighted by molar-refractivity contribution is 7.99. The molecule has 146 valence electrons. The first-order valence-electron chi connectivity index (χ1n) is 8.73. The summed E-state index contributed by atoms with van der Waals surface area (Å²) in [5.41, 5.74) is 1.11. The van der Waals surface area contributed by atoms with Gasteiger partial charge in [0.1, 0.15) is 0 Å². The number of nitrogens with one attached hydrogen (secondary N) is 1. The van der Waals surface area contributed by atoms with E-state index in [1.165, 1.54) is 28.4 Å². The van der Waals surface area contributed by atoms with Crippen molar-refractivity contribution in [3.8, 4) is 0 Å². The Morgan fingerprint density at radius 2 is 1.93 bits per heavy atom. The Balaban J connectivity index is 1.67. The van der Waals surface area contributed by atoms with Gasteiger partial charge in [0.2, 0.25) is 17.0 Å². The number of thioether (sulfide) groups is 1. The second kappa shape index (κ2) is 8.75. The zero-order valence-corrected chi connectivity index (χ0v) is 16.6. The molecular weight excluding hydrogens is 376 g/mol. The predicted molar refractivity (Wildman–Crippen MR) is 109 cm³/mol. The number of hydrogen-bond acceptors (Lipinski definition) is 6. The summed E-state index contributed by atoms with van der Waals surface area (Å²) in [5, 5.41) is 13.5. The minimum absolute atomic E-state index is 0.0114. The van der Waals surface area contributed by atoms with Crippen LogP contribution in [0.2, 0.25) is 0 Å². The lowest BCUT2D eigenvalue weighted by atomic mass is 10.0. The average molecular weight is 398 g/mol. The molecule has 2 aromatic carbocycles. The van der Waals surface area contributed by atoms with E-state index < -0.39 is 0 Å². The number of aromatic nitrogens is 3. The number of nitrogens with zero attached hydrogens (tertiary/aromatic N) is 4. The second-order valence-corrected chi connectivity index (χ2v) is 7.24. The lowest BCUT2D eigenvalue weighted by Gasteiger charge is -2.15. The number of nitrogen functional groups attached to an aromatic ring is 1. The summed E-state index contributed by atoms with van der Waals surface area (Å²) in [6.45, 7) is 0.0114. The van der Waals surface area contributed by atoms with Gasteiger partial charge in [-0.15, -0.1) is 10.2 Å². The van der Waals surface area contributed by atoms with Crippen LogP contribution in [0.15, 0.2) is 47.6 Å². The molecule has 0 saturated carbocycles. The summed E-state index contributed by atoms with van der Waals surface area (Å²) in [7, 11) is 3.11. The molecular formula is C19H22N6O2S. The summed E-state index contributed by atoms with van der Waals surface area (Å²) in [4.78, 5) is 24.9. The summed E-state index contributed by atoms with van der Waals surface area (Å²) < 4.78 is 1.42. The Hall–Kier alpha value is -3.07. The van der Waals surface area contributed by atoms with E-state index in [1.54, 1.807) is 7.05 Å². The molecule has 3 aromatic rings. The van der Waals surface area contributed by atoms with Crippen LogP contribution in [0, 0.1) is 0 Å². The Labute approximate surface area is 167 Å². The maximum absolute atomic E-state index is 12.2. The minimum atomic E-state index is -0.222. The quantitative estimate of drug-likeness (QED) is 0.455. The molecule has 0 unspecified atom stereocenters. The molecule has 0 atom stereocenters. The minimum Gasteiger partial charge on any atom is -0.358 e. The van der Waals surface area contributed by atoms with Crippen LogP contribution in [0.25, 0.3) is 10.8 Å². The van der Waals surface area contributed by atoms with Gasteiger partial charge >= 0.3 is 0 Å². The fraction of sp³-hybridized carbons (Fsp3) is 0.263. The summed E-state index contributed by atoms with van der Waals surface area (Å²) in [6.07, 6.45) is 0.538. The summed E-state index contributed by atoms with van der Waals surface area (Å²) in [5.74, 6) is 6.47. The van der Waals surface area contributed by atoms with Crippen molar-refractivity contribution in [3.63, 3.8) is 0 Å². The molecule has 0 aliphatic rings. The average Bonchev–Trinajstić information content (AvgIpc) is 3.05. The highest BCUT2D eigenvalue weighted by atomic mass is 32.2. The van der Waals surface area contributed by atoms with Crippen LogP contribution < -0.4 is 11.2 Å². The third kappa shape index (κ3) is 4.42. The molecule has 0 aliphatic heterocycles. The molecule has 9 heteroatoms. The molecule has 28 heavy (non-hydrogen) atoms. The van der Waals surface area contributed by atoms with Crippen LogP contribution in [0.4, 0.5) is 0 Å². The van der Waals surface area contributed by atoms with Crippen LogP contribution in [0.5, 0.6) is 0 Å². The number of carbonyl (C=O) groups is 2. The van der Waals surface area contributed by atoms with Gasteiger partial charge in [0.15, 0.2) is 5.82 Å². The van der Waals surface area contributed by atoms with Gasteiger partial charge in [0, 0.05) is 20.5 Å². The smallest absolute Gasteiger partial charge is 0.239 e. The highest BCUT2D eigenvalue weighted by Crippen LogP contribution is 2.22. The number of benzene rings is 2. The fourth-order valence-corrected chi connectivity index (χ4v) is 3.58. The Morgan fingerprint density at radius 1 is 1.18 bits per heavy atom. The van der Waals surface area contributed by atoms with Gasteiger partial charge in [-0.25, -0.2) is 4.68 Å². The van der Waals surface area contributed by atoms with E-state index in [-0.39, 0.29) is 24.1 Å².